The number of carbonyl (C=O) groups is 2. The zero-order valence-corrected chi connectivity index (χ0v) is 14.7. The van der Waals surface area contributed by atoms with Gasteiger partial charge in [-0.1, -0.05) is 48.5 Å². The van der Waals surface area contributed by atoms with E-state index in [1.807, 2.05) is 30.3 Å². The monoisotopic (exact) mass is 355 g/mol. The van der Waals surface area contributed by atoms with Crippen LogP contribution in [-0.4, -0.2) is 31.3 Å². The topological polar surface area (TPSA) is 50.6 Å². The predicted octanol–water partition coefficient (Wildman–Crippen LogP) is 1.62. The minimum atomic E-state index is -0.305. The van der Waals surface area contributed by atoms with E-state index >= 15 is 0 Å². The summed E-state index contributed by atoms with van der Waals surface area (Å²) in [7, 11) is 0. The second-order valence-corrected chi connectivity index (χ2v) is 6.80. The standard InChI is InChI=1S/C21H23FN2O2/c22-19-9-5-4-8-18(19)14-23-20(25)15-24-12-10-17(11-13-24)21(26)16-6-2-1-3-7-16/h1-9,17H,10-15H2,(H,23,25)/p+1. The molecule has 5 heteroatoms. The fraction of sp³-hybridized carbons (Fsp3) is 0.333. The highest BCUT2D eigenvalue weighted by atomic mass is 19.1. The molecule has 1 fully saturated rings. The molecule has 0 spiro atoms. The number of amides is 1. The van der Waals surface area contributed by atoms with Gasteiger partial charge < -0.3 is 10.2 Å². The molecule has 0 aliphatic carbocycles. The summed E-state index contributed by atoms with van der Waals surface area (Å²) in [5.41, 5.74) is 1.26. The third kappa shape index (κ3) is 4.76. The molecule has 4 nitrogen and oxygen atoms in total. The van der Waals surface area contributed by atoms with E-state index in [9.17, 15) is 14.0 Å². The average Bonchev–Trinajstić information content (AvgIpc) is 2.68. The number of Topliss-reactive ketones (excluding diaryl/α,β-unsaturated/α-hetero) is 1. The first-order valence-electron chi connectivity index (χ1n) is 9.06. The minimum absolute atomic E-state index is 0.0441. The van der Waals surface area contributed by atoms with Crippen molar-refractivity contribution in [3.05, 3.63) is 71.5 Å². The lowest BCUT2D eigenvalue weighted by molar-refractivity contribution is -0.897. The molecule has 0 unspecified atom stereocenters. The van der Waals surface area contributed by atoms with Gasteiger partial charge in [-0.15, -0.1) is 0 Å². The first kappa shape index (κ1) is 18.3. The number of benzene rings is 2. The van der Waals surface area contributed by atoms with Crippen molar-refractivity contribution in [1.82, 2.24) is 5.32 Å². The van der Waals surface area contributed by atoms with Crippen LogP contribution in [0, 0.1) is 11.7 Å². The highest BCUT2D eigenvalue weighted by Crippen LogP contribution is 2.16. The fourth-order valence-corrected chi connectivity index (χ4v) is 3.43. The van der Waals surface area contributed by atoms with Gasteiger partial charge in [-0.25, -0.2) is 4.39 Å². The lowest BCUT2D eigenvalue weighted by atomic mass is 9.89. The second-order valence-electron chi connectivity index (χ2n) is 6.80. The number of hydrogen-bond donors (Lipinski definition) is 2. The van der Waals surface area contributed by atoms with Gasteiger partial charge in [0, 0.05) is 36.4 Å². The summed E-state index contributed by atoms with van der Waals surface area (Å²) in [6.45, 7) is 2.17. The highest BCUT2D eigenvalue weighted by molar-refractivity contribution is 5.97. The lowest BCUT2D eigenvalue weighted by Gasteiger charge is -2.28. The molecule has 0 bridgehead atoms. The van der Waals surface area contributed by atoms with E-state index in [1.54, 1.807) is 18.2 Å². The van der Waals surface area contributed by atoms with Gasteiger partial charge in [-0.2, -0.15) is 0 Å². The number of quaternary nitrogens is 1. The van der Waals surface area contributed by atoms with Gasteiger partial charge in [0.2, 0.25) is 0 Å². The van der Waals surface area contributed by atoms with E-state index in [1.165, 1.54) is 11.0 Å². The molecule has 0 radical (unpaired) electrons. The van der Waals surface area contributed by atoms with Crippen molar-refractivity contribution < 1.29 is 18.9 Å². The lowest BCUT2D eigenvalue weighted by Crippen LogP contribution is -3.14. The molecule has 1 heterocycles. The molecule has 0 atom stereocenters. The number of rotatable bonds is 6. The number of nitrogens with one attached hydrogen (secondary N) is 2. The SMILES string of the molecule is O=C(C[NH+]1CCC(C(=O)c2ccccc2)CC1)NCc1ccccc1F. The molecule has 0 aromatic heterocycles. The molecule has 1 aliphatic heterocycles. The van der Waals surface area contributed by atoms with Crippen LogP contribution in [-0.2, 0) is 11.3 Å². The zero-order valence-electron chi connectivity index (χ0n) is 14.7. The Morgan fingerprint density at radius 1 is 1.00 bits per heavy atom. The Morgan fingerprint density at radius 2 is 1.65 bits per heavy atom. The van der Waals surface area contributed by atoms with Crippen LogP contribution in [0.1, 0.15) is 28.8 Å². The van der Waals surface area contributed by atoms with E-state index in [4.69, 9.17) is 0 Å². The maximum Gasteiger partial charge on any atom is 0.275 e. The van der Waals surface area contributed by atoms with Crippen LogP contribution in [0.25, 0.3) is 0 Å². The van der Waals surface area contributed by atoms with E-state index in [0.29, 0.717) is 12.1 Å². The zero-order chi connectivity index (χ0) is 18.4. The fourth-order valence-electron chi connectivity index (χ4n) is 3.43. The highest BCUT2D eigenvalue weighted by Gasteiger charge is 2.28. The normalized spacial score (nSPS) is 19.7. The Bertz CT molecular complexity index is 756. The minimum Gasteiger partial charge on any atom is -0.347 e. The van der Waals surface area contributed by atoms with E-state index in [-0.39, 0.29) is 30.0 Å². The molecule has 136 valence electrons. The van der Waals surface area contributed by atoms with Gasteiger partial charge in [-0.05, 0) is 6.07 Å². The third-order valence-corrected chi connectivity index (χ3v) is 4.97. The average molecular weight is 355 g/mol. The van der Waals surface area contributed by atoms with Crippen molar-refractivity contribution in [2.45, 2.75) is 19.4 Å². The van der Waals surface area contributed by atoms with Gasteiger partial charge in [0.15, 0.2) is 12.3 Å². The van der Waals surface area contributed by atoms with Crippen LogP contribution < -0.4 is 10.2 Å². The quantitative estimate of drug-likeness (QED) is 0.774. The summed E-state index contributed by atoms with van der Waals surface area (Å²) in [4.78, 5) is 25.8. The number of hydrogen-bond acceptors (Lipinski definition) is 2. The third-order valence-electron chi connectivity index (χ3n) is 4.97. The summed E-state index contributed by atoms with van der Waals surface area (Å²) in [5.74, 6) is -0.146. The van der Waals surface area contributed by atoms with Crippen LogP contribution >= 0.6 is 0 Å². The second kappa shape index (κ2) is 8.72. The smallest absolute Gasteiger partial charge is 0.275 e. The van der Waals surface area contributed by atoms with Crippen molar-refractivity contribution in [3.63, 3.8) is 0 Å². The Morgan fingerprint density at radius 3 is 2.35 bits per heavy atom. The molecular formula is C21H24FN2O2+. The van der Waals surface area contributed by atoms with Crippen molar-refractivity contribution in [2.24, 2.45) is 5.92 Å². The van der Waals surface area contributed by atoms with Crippen LogP contribution in [0.3, 0.4) is 0 Å². The van der Waals surface area contributed by atoms with Crippen molar-refractivity contribution in [1.29, 1.82) is 0 Å². The van der Waals surface area contributed by atoms with Crippen LogP contribution in [0.15, 0.2) is 54.6 Å². The number of likely N-dealkylation sites (tertiary alicyclic amines) is 1. The molecule has 2 aromatic rings. The maximum atomic E-state index is 13.6. The number of halogens is 1. The number of ketones is 1. The molecule has 1 saturated heterocycles. The van der Waals surface area contributed by atoms with Crippen molar-refractivity contribution >= 4 is 11.7 Å². The van der Waals surface area contributed by atoms with Gasteiger partial charge in [-0.3, -0.25) is 9.59 Å². The molecular weight excluding hydrogens is 331 g/mol. The summed E-state index contributed by atoms with van der Waals surface area (Å²) in [6.07, 6.45) is 1.59. The van der Waals surface area contributed by atoms with Crippen LogP contribution in [0.2, 0.25) is 0 Å². The molecule has 1 aliphatic rings. The molecule has 2 N–H and O–H groups in total. The first-order chi connectivity index (χ1) is 12.6. The molecule has 26 heavy (non-hydrogen) atoms. The molecule has 0 saturated carbocycles. The predicted molar refractivity (Wildman–Crippen MR) is 97.3 cm³/mol. The van der Waals surface area contributed by atoms with Gasteiger partial charge in [0.05, 0.1) is 13.1 Å². The Hall–Kier alpha value is -2.53. The number of carbonyl (C=O) groups excluding carboxylic acids is 2. The summed E-state index contributed by atoms with van der Waals surface area (Å²) in [5, 5.41) is 2.78. The van der Waals surface area contributed by atoms with E-state index in [2.05, 4.69) is 5.32 Å². The Balaban J connectivity index is 1.43. The Kier molecular flexibility index (Phi) is 6.12. The molecule has 2 aromatic carbocycles. The number of piperidine rings is 1. The van der Waals surface area contributed by atoms with Crippen molar-refractivity contribution in [2.75, 3.05) is 19.6 Å². The molecule has 3 rings (SSSR count). The summed E-state index contributed by atoms with van der Waals surface area (Å²) < 4.78 is 13.6. The van der Waals surface area contributed by atoms with Gasteiger partial charge >= 0.3 is 0 Å². The van der Waals surface area contributed by atoms with Crippen molar-refractivity contribution in [3.8, 4) is 0 Å². The van der Waals surface area contributed by atoms with Crippen LogP contribution in [0.5, 0.6) is 0 Å². The largest absolute Gasteiger partial charge is 0.347 e. The van der Waals surface area contributed by atoms with Gasteiger partial charge in [0.25, 0.3) is 5.91 Å². The summed E-state index contributed by atoms with van der Waals surface area (Å²) in [6, 6.07) is 15.8. The summed E-state index contributed by atoms with van der Waals surface area (Å²) >= 11 is 0. The van der Waals surface area contributed by atoms with Gasteiger partial charge in [0.1, 0.15) is 5.82 Å². The first-order valence-corrected chi connectivity index (χ1v) is 9.06. The van der Waals surface area contributed by atoms with Crippen LogP contribution in [0.4, 0.5) is 4.39 Å². The maximum absolute atomic E-state index is 13.6. The van der Waals surface area contributed by atoms with E-state index < -0.39 is 0 Å². The Labute approximate surface area is 153 Å². The van der Waals surface area contributed by atoms with E-state index in [0.717, 1.165) is 31.5 Å². The molecule has 1 amide bonds.